The van der Waals surface area contributed by atoms with Gasteiger partial charge in [-0.2, -0.15) is 5.10 Å². The number of amides is 2. The number of aromatic amines is 1. The Balaban J connectivity index is 1.15. The summed E-state index contributed by atoms with van der Waals surface area (Å²) in [5, 5.41) is 14.5. The SMILES string of the molecule is Cc1ccc(C(=O)N2CCCC(Nc3n[nH]c4nccc(Oc5ccc(C(=O)Nc6cc(C)ccn6)cc5)c34)C2)cc1. The van der Waals surface area contributed by atoms with Gasteiger partial charge in [0.05, 0.1) is 0 Å². The fraction of sp³-hybridized carbons (Fsp3) is 0.219. The van der Waals surface area contributed by atoms with Crippen LogP contribution in [0.4, 0.5) is 11.6 Å². The van der Waals surface area contributed by atoms with Crippen LogP contribution in [-0.4, -0.2) is 56.0 Å². The van der Waals surface area contributed by atoms with Crippen LogP contribution in [0, 0.1) is 13.8 Å². The molecule has 1 fully saturated rings. The number of pyridine rings is 2. The van der Waals surface area contributed by atoms with Crippen molar-refractivity contribution in [3.8, 4) is 11.5 Å². The van der Waals surface area contributed by atoms with E-state index in [-0.39, 0.29) is 17.9 Å². The maximum atomic E-state index is 13.1. The number of benzene rings is 2. The van der Waals surface area contributed by atoms with Crippen LogP contribution >= 0.6 is 0 Å². The molecule has 5 aromatic rings. The van der Waals surface area contributed by atoms with Gasteiger partial charge in [0.25, 0.3) is 11.8 Å². The van der Waals surface area contributed by atoms with Crippen LogP contribution in [0.15, 0.2) is 79.1 Å². The summed E-state index contributed by atoms with van der Waals surface area (Å²) in [4.78, 5) is 36.3. The summed E-state index contributed by atoms with van der Waals surface area (Å²) in [6, 6.07) is 20.1. The molecule has 1 atom stereocenters. The Kier molecular flexibility index (Phi) is 7.50. The fourth-order valence-corrected chi connectivity index (χ4v) is 5.06. The van der Waals surface area contributed by atoms with E-state index in [9.17, 15) is 9.59 Å². The van der Waals surface area contributed by atoms with Crippen molar-refractivity contribution in [3.05, 3.63) is 101 Å². The lowest BCUT2D eigenvalue weighted by Crippen LogP contribution is -2.45. The summed E-state index contributed by atoms with van der Waals surface area (Å²) < 4.78 is 6.23. The minimum atomic E-state index is -0.255. The average molecular weight is 562 g/mol. The predicted molar refractivity (Wildman–Crippen MR) is 161 cm³/mol. The molecule has 10 nitrogen and oxygen atoms in total. The summed E-state index contributed by atoms with van der Waals surface area (Å²) >= 11 is 0. The zero-order valence-corrected chi connectivity index (χ0v) is 23.4. The van der Waals surface area contributed by atoms with Crippen LogP contribution < -0.4 is 15.4 Å². The highest BCUT2D eigenvalue weighted by molar-refractivity contribution is 6.03. The molecule has 42 heavy (non-hydrogen) atoms. The van der Waals surface area contributed by atoms with Crippen LogP contribution in [0.25, 0.3) is 11.0 Å². The lowest BCUT2D eigenvalue weighted by molar-refractivity contribution is 0.0714. The maximum absolute atomic E-state index is 13.1. The largest absolute Gasteiger partial charge is 0.456 e. The average Bonchev–Trinajstić information content (AvgIpc) is 3.41. The van der Waals surface area contributed by atoms with E-state index in [0.29, 0.717) is 51.8 Å². The third-order valence-corrected chi connectivity index (χ3v) is 7.27. The molecule has 0 saturated carbocycles. The highest BCUT2D eigenvalue weighted by Crippen LogP contribution is 2.33. The minimum Gasteiger partial charge on any atom is -0.456 e. The van der Waals surface area contributed by atoms with Crippen LogP contribution in [0.3, 0.4) is 0 Å². The number of hydrogen-bond donors (Lipinski definition) is 3. The standard InChI is InChI=1S/C32H31N7O3/c1-20-5-7-23(8-6-20)32(41)39-17-3-4-24(19-39)35-30-28-26(14-16-34-29(28)37-38-30)42-25-11-9-22(10-12-25)31(40)36-27-18-21(2)13-15-33-27/h5-16,18,24H,3-4,17,19H2,1-2H3,(H,33,36,40)(H2,34,35,37,38). The van der Waals surface area contributed by atoms with Gasteiger partial charge in [-0.1, -0.05) is 17.7 Å². The molecule has 1 unspecified atom stereocenters. The number of ether oxygens (including phenoxy) is 1. The first kappa shape index (κ1) is 26.9. The maximum Gasteiger partial charge on any atom is 0.256 e. The molecular formula is C32H31N7O3. The van der Waals surface area contributed by atoms with E-state index < -0.39 is 0 Å². The summed E-state index contributed by atoms with van der Waals surface area (Å²) in [7, 11) is 0. The van der Waals surface area contributed by atoms with E-state index in [4.69, 9.17) is 4.74 Å². The predicted octanol–water partition coefficient (Wildman–Crippen LogP) is 5.73. The number of fused-ring (bicyclic) bond motifs is 1. The van der Waals surface area contributed by atoms with Crippen LogP contribution in [0.5, 0.6) is 11.5 Å². The van der Waals surface area contributed by atoms with Gasteiger partial charge in [-0.25, -0.2) is 9.97 Å². The van der Waals surface area contributed by atoms with Crippen LogP contribution in [0.2, 0.25) is 0 Å². The number of H-pyrrole nitrogens is 1. The van der Waals surface area contributed by atoms with Crippen molar-refractivity contribution in [1.82, 2.24) is 25.1 Å². The second-order valence-electron chi connectivity index (χ2n) is 10.5. The van der Waals surface area contributed by atoms with E-state index in [1.165, 1.54) is 0 Å². The first-order valence-electron chi connectivity index (χ1n) is 13.9. The Labute approximate surface area is 243 Å². The molecule has 212 valence electrons. The van der Waals surface area contributed by atoms with Crippen LogP contribution in [-0.2, 0) is 0 Å². The highest BCUT2D eigenvalue weighted by Gasteiger charge is 2.26. The number of nitrogens with one attached hydrogen (secondary N) is 3. The molecule has 6 rings (SSSR count). The number of aryl methyl sites for hydroxylation is 2. The van der Waals surface area contributed by atoms with Gasteiger partial charge >= 0.3 is 0 Å². The molecule has 0 aliphatic carbocycles. The molecule has 0 bridgehead atoms. The topological polar surface area (TPSA) is 125 Å². The Morgan fingerprint density at radius 1 is 0.929 bits per heavy atom. The fourth-order valence-electron chi connectivity index (χ4n) is 5.06. The molecule has 0 spiro atoms. The minimum absolute atomic E-state index is 0.0217. The molecule has 2 aromatic carbocycles. The number of carbonyl (C=O) groups excluding carboxylic acids is 2. The molecule has 0 radical (unpaired) electrons. The second kappa shape index (κ2) is 11.7. The molecule has 1 aliphatic rings. The summed E-state index contributed by atoms with van der Waals surface area (Å²) in [5.74, 6) is 2.03. The monoisotopic (exact) mass is 561 g/mol. The molecule has 10 heteroatoms. The number of likely N-dealkylation sites (tertiary alicyclic amines) is 1. The van der Waals surface area contributed by atoms with Crippen molar-refractivity contribution in [2.45, 2.75) is 32.7 Å². The summed E-state index contributed by atoms with van der Waals surface area (Å²) in [6.07, 6.45) is 5.10. The zero-order valence-electron chi connectivity index (χ0n) is 23.4. The number of aromatic nitrogens is 4. The Morgan fingerprint density at radius 2 is 1.69 bits per heavy atom. The van der Waals surface area contributed by atoms with Gasteiger partial charge < -0.3 is 20.3 Å². The van der Waals surface area contributed by atoms with Crippen LogP contribution in [0.1, 0.15) is 44.7 Å². The van der Waals surface area contributed by atoms with Gasteiger partial charge in [-0.15, -0.1) is 0 Å². The smallest absolute Gasteiger partial charge is 0.256 e. The third kappa shape index (κ3) is 5.92. The van der Waals surface area contributed by atoms with E-state index in [1.54, 1.807) is 42.7 Å². The second-order valence-corrected chi connectivity index (χ2v) is 10.5. The van der Waals surface area contributed by atoms with Crippen molar-refractivity contribution in [3.63, 3.8) is 0 Å². The van der Waals surface area contributed by atoms with E-state index >= 15 is 0 Å². The lowest BCUT2D eigenvalue weighted by Gasteiger charge is -2.33. The van der Waals surface area contributed by atoms with Gasteiger partial charge in [0, 0.05) is 48.7 Å². The van der Waals surface area contributed by atoms with Gasteiger partial charge in [0.15, 0.2) is 11.5 Å². The van der Waals surface area contributed by atoms with E-state index in [2.05, 4.69) is 30.8 Å². The molecule has 1 saturated heterocycles. The molecular weight excluding hydrogens is 530 g/mol. The van der Waals surface area contributed by atoms with Crippen molar-refractivity contribution in [2.75, 3.05) is 23.7 Å². The number of rotatable bonds is 7. The lowest BCUT2D eigenvalue weighted by atomic mass is 10.0. The Morgan fingerprint density at radius 3 is 2.48 bits per heavy atom. The number of anilines is 2. The third-order valence-electron chi connectivity index (χ3n) is 7.27. The van der Waals surface area contributed by atoms with E-state index in [0.717, 1.165) is 30.5 Å². The van der Waals surface area contributed by atoms with Gasteiger partial charge in [0.2, 0.25) is 0 Å². The Bertz CT molecular complexity index is 1730. The highest BCUT2D eigenvalue weighted by atomic mass is 16.5. The molecule has 3 aromatic heterocycles. The number of piperidine rings is 1. The van der Waals surface area contributed by atoms with Crippen molar-refractivity contribution in [2.24, 2.45) is 0 Å². The summed E-state index contributed by atoms with van der Waals surface area (Å²) in [6.45, 7) is 5.24. The first-order valence-corrected chi connectivity index (χ1v) is 13.9. The van der Waals surface area contributed by atoms with Gasteiger partial charge in [-0.05, 0) is 80.8 Å². The molecule has 1 aliphatic heterocycles. The number of nitrogens with zero attached hydrogens (tertiary/aromatic N) is 4. The van der Waals surface area contributed by atoms with E-state index in [1.807, 2.05) is 55.1 Å². The Hall–Kier alpha value is -5.25. The van der Waals surface area contributed by atoms with Gasteiger partial charge in [0.1, 0.15) is 22.7 Å². The summed E-state index contributed by atoms with van der Waals surface area (Å²) in [5.41, 5.74) is 3.90. The number of carbonyl (C=O) groups is 2. The first-order chi connectivity index (χ1) is 20.4. The van der Waals surface area contributed by atoms with Crippen molar-refractivity contribution < 1.29 is 14.3 Å². The van der Waals surface area contributed by atoms with Crippen molar-refractivity contribution in [1.29, 1.82) is 0 Å². The molecule has 4 heterocycles. The molecule has 2 amide bonds. The quantitative estimate of drug-likeness (QED) is 0.232. The molecule has 3 N–H and O–H groups in total. The van der Waals surface area contributed by atoms with Crippen molar-refractivity contribution >= 4 is 34.5 Å². The normalized spacial score (nSPS) is 14.9. The zero-order chi connectivity index (χ0) is 29.1. The van der Waals surface area contributed by atoms with Gasteiger partial charge in [-0.3, -0.25) is 14.7 Å². The number of hydrogen-bond acceptors (Lipinski definition) is 7.